The molecule has 0 unspecified atom stereocenters. The molecule has 0 atom stereocenters. The first-order valence-electron chi connectivity index (χ1n) is 24.6. The zero-order valence-electron chi connectivity index (χ0n) is 40.1. The van der Waals surface area contributed by atoms with Crippen LogP contribution in [0.5, 0.6) is 0 Å². The maximum atomic E-state index is 5.29. The molecule has 0 radical (unpaired) electrons. The summed E-state index contributed by atoms with van der Waals surface area (Å²) in [5.74, 6) is 1.61. The van der Waals surface area contributed by atoms with E-state index in [1.807, 2.05) is 36.4 Å². The van der Waals surface area contributed by atoms with Gasteiger partial charge in [0, 0.05) is 49.7 Å². The standard InChI is InChI=1S/C69H48N4/c1-3-26-47(4-2)67-70-68(54-39-24-11-25-40-54)72-69(71-67)55-45-60(50-31-16-7-17-32-50)64(61(46-55)51-33-18-8-19-34-51)73-65-58(43-41-56(48-27-12-5-13-28-48)62(65)52-35-20-9-21-36-52)59-44-42-57(49-29-14-6-15-30-49)63(66(59)73)53-37-22-10-23-38-53/h3-46H,1-2H2/b47-26+. The van der Waals surface area contributed by atoms with E-state index in [-0.39, 0.29) is 0 Å². The number of nitrogens with zero attached hydrogens (tertiary/aromatic N) is 4. The minimum absolute atomic E-state index is 0.509. The first-order chi connectivity index (χ1) is 36.2. The zero-order valence-corrected chi connectivity index (χ0v) is 40.1. The third-order valence-corrected chi connectivity index (χ3v) is 13.6. The highest BCUT2D eigenvalue weighted by Gasteiger charge is 2.29. The number of hydrogen-bond donors (Lipinski definition) is 0. The van der Waals surface area contributed by atoms with Gasteiger partial charge in [0.05, 0.1) is 16.7 Å². The van der Waals surface area contributed by atoms with E-state index in [0.29, 0.717) is 17.5 Å². The van der Waals surface area contributed by atoms with Crippen molar-refractivity contribution in [1.82, 2.24) is 19.5 Å². The lowest BCUT2D eigenvalue weighted by Gasteiger charge is -2.24. The Balaban J connectivity index is 1.32. The summed E-state index contributed by atoms with van der Waals surface area (Å²) in [6.45, 7) is 8.15. The van der Waals surface area contributed by atoms with Gasteiger partial charge in [-0.1, -0.05) is 268 Å². The van der Waals surface area contributed by atoms with Gasteiger partial charge in [0.15, 0.2) is 17.5 Å². The molecule has 0 spiro atoms. The van der Waals surface area contributed by atoms with E-state index in [9.17, 15) is 0 Å². The molecule has 0 aliphatic carbocycles. The molecule has 10 aromatic carbocycles. The summed E-state index contributed by atoms with van der Waals surface area (Å²) in [5.41, 5.74) is 18.9. The van der Waals surface area contributed by atoms with Crippen LogP contribution in [0.2, 0.25) is 0 Å². The number of fused-ring (bicyclic) bond motifs is 3. The molecule has 73 heavy (non-hydrogen) atoms. The van der Waals surface area contributed by atoms with Gasteiger partial charge in [-0.05, 0) is 56.6 Å². The van der Waals surface area contributed by atoms with E-state index in [4.69, 9.17) is 15.0 Å². The second-order valence-electron chi connectivity index (χ2n) is 18.0. The van der Waals surface area contributed by atoms with E-state index < -0.39 is 0 Å². The van der Waals surface area contributed by atoms with Crippen LogP contribution in [0.15, 0.2) is 280 Å². The van der Waals surface area contributed by atoms with Crippen molar-refractivity contribution in [3.63, 3.8) is 0 Å². The average molecular weight is 933 g/mol. The molecular weight excluding hydrogens is 885 g/mol. The highest BCUT2D eigenvalue weighted by molar-refractivity contribution is 6.21. The molecule has 4 nitrogen and oxygen atoms in total. The summed E-state index contributed by atoms with van der Waals surface area (Å²) < 4.78 is 2.60. The molecule has 2 heterocycles. The fourth-order valence-electron chi connectivity index (χ4n) is 10.3. The van der Waals surface area contributed by atoms with Crippen LogP contribution in [0.25, 0.3) is 123 Å². The summed E-state index contributed by atoms with van der Waals surface area (Å²) in [6, 6.07) is 88.8. The van der Waals surface area contributed by atoms with Crippen molar-refractivity contribution < 1.29 is 0 Å². The monoisotopic (exact) mass is 932 g/mol. The minimum atomic E-state index is 0.509. The number of allylic oxidation sites excluding steroid dienone is 4. The number of aromatic nitrogens is 4. The minimum Gasteiger partial charge on any atom is -0.307 e. The lowest BCUT2D eigenvalue weighted by atomic mass is 9.90. The van der Waals surface area contributed by atoms with Crippen molar-refractivity contribution in [2.24, 2.45) is 0 Å². The van der Waals surface area contributed by atoms with Crippen molar-refractivity contribution in [2.45, 2.75) is 0 Å². The van der Waals surface area contributed by atoms with Crippen LogP contribution in [0, 0.1) is 0 Å². The van der Waals surface area contributed by atoms with Crippen LogP contribution in [0.4, 0.5) is 0 Å². The zero-order chi connectivity index (χ0) is 49.1. The lowest BCUT2D eigenvalue weighted by Crippen LogP contribution is -2.06. The molecule has 0 amide bonds. The molecular formula is C69H48N4. The molecule has 0 fully saturated rings. The molecule has 0 aliphatic heterocycles. The van der Waals surface area contributed by atoms with Gasteiger partial charge in [-0.2, -0.15) is 0 Å². The summed E-state index contributed by atoms with van der Waals surface area (Å²) >= 11 is 0. The predicted octanol–water partition coefficient (Wildman–Crippen LogP) is 18.1. The second kappa shape index (κ2) is 19.6. The van der Waals surface area contributed by atoms with Gasteiger partial charge in [0.2, 0.25) is 0 Å². The molecule has 0 N–H and O–H groups in total. The molecule has 0 saturated heterocycles. The summed E-state index contributed by atoms with van der Waals surface area (Å²) in [4.78, 5) is 15.6. The fourth-order valence-corrected chi connectivity index (χ4v) is 10.3. The number of benzene rings is 10. The molecule has 2 aromatic heterocycles. The number of hydrogen-bond acceptors (Lipinski definition) is 3. The van der Waals surface area contributed by atoms with Gasteiger partial charge in [-0.15, -0.1) is 0 Å². The van der Waals surface area contributed by atoms with Crippen molar-refractivity contribution in [3.05, 3.63) is 286 Å². The quantitative estimate of drug-likeness (QED) is 0.115. The molecule has 0 bridgehead atoms. The SMILES string of the molecule is C=C/C=C(\C=C)c1nc(-c2ccccc2)nc(-c2cc(-c3ccccc3)c(-n3c4c(-c5ccccc5)c(-c5ccccc5)ccc4c4ccc(-c5ccccc5)c(-c5ccccc5)c43)c(-c3ccccc3)c2)n1. The van der Waals surface area contributed by atoms with Gasteiger partial charge in [-0.3, -0.25) is 0 Å². The molecule has 344 valence electrons. The van der Waals surface area contributed by atoms with Crippen molar-refractivity contribution in [2.75, 3.05) is 0 Å². The van der Waals surface area contributed by atoms with Gasteiger partial charge in [0.25, 0.3) is 0 Å². The smallest absolute Gasteiger partial charge is 0.164 e. The van der Waals surface area contributed by atoms with E-state index >= 15 is 0 Å². The van der Waals surface area contributed by atoms with Crippen LogP contribution in [0.1, 0.15) is 5.82 Å². The second-order valence-corrected chi connectivity index (χ2v) is 18.0. The summed E-state index contributed by atoms with van der Waals surface area (Å²) in [5, 5.41) is 2.29. The fraction of sp³-hybridized carbons (Fsp3) is 0. The van der Waals surface area contributed by atoms with Gasteiger partial charge in [-0.25, -0.2) is 15.0 Å². The first-order valence-corrected chi connectivity index (χ1v) is 24.6. The van der Waals surface area contributed by atoms with Crippen LogP contribution in [-0.2, 0) is 0 Å². The lowest BCUT2D eigenvalue weighted by molar-refractivity contribution is 1.04. The number of rotatable bonds is 12. The summed E-state index contributed by atoms with van der Waals surface area (Å²) in [6.07, 6.45) is 5.40. The van der Waals surface area contributed by atoms with E-state index in [2.05, 4.69) is 236 Å². The normalized spacial score (nSPS) is 11.5. The highest BCUT2D eigenvalue weighted by Crippen LogP contribution is 2.51. The Morgan fingerprint density at radius 2 is 0.685 bits per heavy atom. The van der Waals surface area contributed by atoms with Crippen LogP contribution < -0.4 is 0 Å². The van der Waals surface area contributed by atoms with Crippen LogP contribution in [0.3, 0.4) is 0 Å². The van der Waals surface area contributed by atoms with Crippen LogP contribution >= 0.6 is 0 Å². The Labute approximate surface area is 426 Å². The Morgan fingerprint density at radius 1 is 0.342 bits per heavy atom. The van der Waals surface area contributed by atoms with Crippen LogP contribution in [-0.4, -0.2) is 19.5 Å². The molecule has 0 aliphatic rings. The average Bonchev–Trinajstić information content (AvgIpc) is 3.81. The molecule has 12 rings (SSSR count). The Morgan fingerprint density at radius 3 is 1.05 bits per heavy atom. The Hall–Kier alpha value is -9.77. The van der Waals surface area contributed by atoms with Crippen molar-refractivity contribution in [1.29, 1.82) is 0 Å². The first kappa shape index (κ1) is 44.4. The Kier molecular flexibility index (Phi) is 11.9. The maximum absolute atomic E-state index is 5.29. The van der Waals surface area contributed by atoms with E-state index in [0.717, 1.165) is 111 Å². The van der Waals surface area contributed by atoms with Crippen molar-refractivity contribution in [3.8, 4) is 95.2 Å². The maximum Gasteiger partial charge on any atom is 0.164 e. The summed E-state index contributed by atoms with van der Waals surface area (Å²) in [7, 11) is 0. The highest BCUT2D eigenvalue weighted by atomic mass is 15.0. The molecule has 0 saturated carbocycles. The topological polar surface area (TPSA) is 43.6 Å². The largest absolute Gasteiger partial charge is 0.307 e. The van der Waals surface area contributed by atoms with Gasteiger partial charge >= 0.3 is 0 Å². The third-order valence-electron chi connectivity index (χ3n) is 13.6. The van der Waals surface area contributed by atoms with Gasteiger partial charge in [0.1, 0.15) is 0 Å². The van der Waals surface area contributed by atoms with Crippen molar-refractivity contribution >= 4 is 27.4 Å². The molecule has 12 aromatic rings. The third kappa shape index (κ3) is 8.27. The van der Waals surface area contributed by atoms with Gasteiger partial charge < -0.3 is 4.57 Å². The predicted molar refractivity (Wildman–Crippen MR) is 306 cm³/mol. The van der Waals surface area contributed by atoms with E-state index in [1.165, 1.54) is 0 Å². The molecule has 4 heteroatoms. The van der Waals surface area contributed by atoms with E-state index in [1.54, 1.807) is 12.2 Å². The Bertz CT molecular complexity index is 3800.